The van der Waals surface area contributed by atoms with Crippen LogP contribution >= 0.6 is 0 Å². The highest BCUT2D eigenvalue weighted by molar-refractivity contribution is 5.99. The van der Waals surface area contributed by atoms with Crippen molar-refractivity contribution in [2.75, 3.05) is 31.2 Å². The van der Waals surface area contributed by atoms with Gasteiger partial charge in [-0.15, -0.1) is 0 Å². The quantitative estimate of drug-likeness (QED) is 0.807. The zero-order chi connectivity index (χ0) is 12.5. The number of amides is 1. The minimum atomic E-state index is -0.197. The molecule has 2 heterocycles. The Morgan fingerprint density at radius 1 is 1.44 bits per heavy atom. The van der Waals surface area contributed by atoms with Crippen LogP contribution in [0.3, 0.4) is 0 Å². The maximum absolute atomic E-state index is 12.5. The van der Waals surface area contributed by atoms with Crippen LogP contribution in [0.25, 0.3) is 0 Å². The summed E-state index contributed by atoms with van der Waals surface area (Å²) in [5, 5.41) is 3.23. The molecule has 0 bridgehead atoms. The highest BCUT2D eigenvalue weighted by Gasteiger charge is 2.33. The summed E-state index contributed by atoms with van der Waals surface area (Å²) in [5.41, 5.74) is 2.32. The lowest BCUT2D eigenvalue weighted by Gasteiger charge is -2.27. The Balaban J connectivity index is 1.83. The van der Waals surface area contributed by atoms with Crippen molar-refractivity contribution in [1.82, 2.24) is 5.32 Å². The number of hydrogen-bond donors (Lipinski definition) is 1. The highest BCUT2D eigenvalue weighted by Crippen LogP contribution is 2.35. The van der Waals surface area contributed by atoms with E-state index in [1.165, 1.54) is 5.56 Å². The number of morpholine rings is 1. The minimum Gasteiger partial charge on any atom is -0.378 e. The van der Waals surface area contributed by atoms with E-state index in [0.29, 0.717) is 19.1 Å². The highest BCUT2D eigenvalue weighted by atomic mass is 16.5. The van der Waals surface area contributed by atoms with Crippen molar-refractivity contribution in [1.29, 1.82) is 0 Å². The number of ether oxygens (including phenoxy) is 1. The molecule has 1 aromatic carbocycles. The number of nitrogens with one attached hydrogen (secondary N) is 1. The van der Waals surface area contributed by atoms with Crippen LogP contribution in [0, 0.1) is 0 Å². The van der Waals surface area contributed by atoms with Gasteiger partial charge in [0.15, 0.2) is 0 Å². The Labute approximate surface area is 107 Å². The minimum absolute atomic E-state index is 0.131. The molecular formula is C14H18N2O2. The van der Waals surface area contributed by atoms with Gasteiger partial charge < -0.3 is 15.0 Å². The molecule has 0 spiro atoms. The Morgan fingerprint density at radius 2 is 2.28 bits per heavy atom. The number of benzene rings is 1. The number of carbonyl (C=O) groups is 1. The summed E-state index contributed by atoms with van der Waals surface area (Å²) in [6, 6.07) is 7.96. The third kappa shape index (κ3) is 1.91. The maximum Gasteiger partial charge on any atom is 0.246 e. The zero-order valence-electron chi connectivity index (χ0n) is 10.6. The monoisotopic (exact) mass is 246 g/mol. The van der Waals surface area contributed by atoms with E-state index < -0.39 is 0 Å². The van der Waals surface area contributed by atoms with Gasteiger partial charge in [0, 0.05) is 24.7 Å². The first-order valence-corrected chi connectivity index (χ1v) is 6.49. The average Bonchev–Trinajstić information content (AvgIpc) is 2.77. The fraction of sp³-hybridized carbons (Fsp3) is 0.500. The number of rotatable bonds is 1. The molecule has 4 heteroatoms. The Hall–Kier alpha value is -1.39. The third-order valence-electron chi connectivity index (χ3n) is 3.70. The van der Waals surface area contributed by atoms with Crippen molar-refractivity contribution in [2.45, 2.75) is 18.9 Å². The van der Waals surface area contributed by atoms with Gasteiger partial charge in [-0.05, 0) is 11.6 Å². The number of hydrogen-bond acceptors (Lipinski definition) is 3. The van der Waals surface area contributed by atoms with Gasteiger partial charge in [-0.25, -0.2) is 0 Å². The molecule has 0 aromatic heterocycles. The molecule has 2 aliphatic heterocycles. The fourth-order valence-electron chi connectivity index (χ4n) is 2.74. The van der Waals surface area contributed by atoms with Gasteiger partial charge in [0.1, 0.15) is 6.04 Å². The largest absolute Gasteiger partial charge is 0.378 e. The molecule has 0 aliphatic carbocycles. The van der Waals surface area contributed by atoms with Crippen molar-refractivity contribution >= 4 is 11.6 Å². The molecule has 2 atom stereocenters. The summed E-state index contributed by atoms with van der Waals surface area (Å²) in [6.45, 7) is 4.86. The van der Waals surface area contributed by atoms with Crippen LogP contribution in [0.1, 0.15) is 18.4 Å². The first-order valence-electron chi connectivity index (χ1n) is 6.49. The lowest BCUT2D eigenvalue weighted by molar-refractivity contribution is -0.123. The molecular weight excluding hydrogens is 228 g/mol. The van der Waals surface area contributed by atoms with E-state index in [9.17, 15) is 4.79 Å². The molecule has 0 saturated carbocycles. The SMILES string of the molecule is CC1CN(C(=O)C2COCCN2)c2ccccc21. The van der Waals surface area contributed by atoms with Crippen molar-refractivity contribution in [3.63, 3.8) is 0 Å². The first kappa shape index (κ1) is 11.7. The zero-order valence-corrected chi connectivity index (χ0v) is 10.6. The molecule has 2 unspecified atom stereocenters. The number of fused-ring (bicyclic) bond motifs is 1. The fourth-order valence-corrected chi connectivity index (χ4v) is 2.74. The summed E-state index contributed by atoms with van der Waals surface area (Å²) in [6.07, 6.45) is 0. The van der Waals surface area contributed by atoms with E-state index >= 15 is 0 Å². The second kappa shape index (κ2) is 4.71. The molecule has 18 heavy (non-hydrogen) atoms. The molecule has 2 aliphatic rings. The van der Waals surface area contributed by atoms with E-state index in [2.05, 4.69) is 18.3 Å². The van der Waals surface area contributed by atoms with Gasteiger partial charge in [0.2, 0.25) is 5.91 Å². The van der Waals surface area contributed by atoms with Gasteiger partial charge in [-0.1, -0.05) is 25.1 Å². The second-order valence-electron chi connectivity index (χ2n) is 4.99. The molecule has 1 saturated heterocycles. The van der Waals surface area contributed by atoms with Crippen molar-refractivity contribution < 1.29 is 9.53 Å². The summed E-state index contributed by atoms with van der Waals surface area (Å²) in [5.74, 6) is 0.543. The van der Waals surface area contributed by atoms with Crippen LogP contribution in [0.4, 0.5) is 5.69 Å². The van der Waals surface area contributed by atoms with Crippen LogP contribution in [-0.4, -0.2) is 38.3 Å². The number of para-hydroxylation sites is 1. The Kier molecular flexibility index (Phi) is 3.06. The molecule has 96 valence electrons. The first-order chi connectivity index (χ1) is 8.77. The predicted octanol–water partition coefficient (Wildman–Crippen LogP) is 1.13. The molecule has 0 radical (unpaired) electrons. The molecule has 1 amide bonds. The van der Waals surface area contributed by atoms with Crippen molar-refractivity contribution in [2.24, 2.45) is 0 Å². The van der Waals surface area contributed by atoms with E-state index in [4.69, 9.17) is 4.74 Å². The standard InChI is InChI=1S/C14H18N2O2/c1-10-8-16(13-5-3-2-4-11(10)13)14(17)12-9-18-7-6-15-12/h2-5,10,12,15H,6-9H2,1H3. The smallest absolute Gasteiger partial charge is 0.246 e. The normalized spacial score (nSPS) is 27.1. The summed E-state index contributed by atoms with van der Waals surface area (Å²) in [4.78, 5) is 14.4. The lowest BCUT2D eigenvalue weighted by atomic mass is 10.0. The van der Waals surface area contributed by atoms with E-state index in [1.54, 1.807) is 0 Å². The predicted molar refractivity (Wildman–Crippen MR) is 69.8 cm³/mol. The summed E-state index contributed by atoms with van der Waals surface area (Å²) < 4.78 is 5.37. The van der Waals surface area contributed by atoms with Crippen LogP contribution < -0.4 is 10.2 Å². The maximum atomic E-state index is 12.5. The Morgan fingerprint density at radius 3 is 3.06 bits per heavy atom. The van der Waals surface area contributed by atoms with Gasteiger partial charge >= 0.3 is 0 Å². The number of nitrogens with zero attached hydrogens (tertiary/aromatic N) is 1. The van der Waals surface area contributed by atoms with Crippen molar-refractivity contribution in [3.8, 4) is 0 Å². The molecule has 3 rings (SSSR count). The van der Waals surface area contributed by atoms with Crippen molar-refractivity contribution in [3.05, 3.63) is 29.8 Å². The number of carbonyl (C=O) groups excluding carboxylic acids is 1. The molecule has 1 aromatic rings. The number of anilines is 1. The Bertz CT molecular complexity index is 455. The van der Waals surface area contributed by atoms with Crippen LogP contribution in [0.15, 0.2) is 24.3 Å². The third-order valence-corrected chi connectivity index (χ3v) is 3.70. The van der Waals surface area contributed by atoms with Crippen LogP contribution in [-0.2, 0) is 9.53 Å². The topological polar surface area (TPSA) is 41.6 Å². The molecule has 1 fully saturated rings. The van der Waals surface area contributed by atoms with E-state index in [-0.39, 0.29) is 11.9 Å². The van der Waals surface area contributed by atoms with Gasteiger partial charge in [-0.2, -0.15) is 0 Å². The molecule has 1 N–H and O–H groups in total. The average molecular weight is 246 g/mol. The van der Waals surface area contributed by atoms with Gasteiger partial charge in [0.05, 0.1) is 13.2 Å². The van der Waals surface area contributed by atoms with Gasteiger partial charge in [0.25, 0.3) is 0 Å². The summed E-state index contributed by atoms with van der Waals surface area (Å²) >= 11 is 0. The second-order valence-corrected chi connectivity index (χ2v) is 4.99. The van der Waals surface area contributed by atoms with Crippen LogP contribution in [0.2, 0.25) is 0 Å². The molecule has 4 nitrogen and oxygen atoms in total. The van der Waals surface area contributed by atoms with Gasteiger partial charge in [-0.3, -0.25) is 4.79 Å². The summed E-state index contributed by atoms with van der Waals surface area (Å²) in [7, 11) is 0. The lowest BCUT2D eigenvalue weighted by Crippen LogP contribution is -2.52. The van der Waals surface area contributed by atoms with Crippen LogP contribution in [0.5, 0.6) is 0 Å². The van der Waals surface area contributed by atoms with E-state index in [1.807, 2.05) is 23.1 Å². The van der Waals surface area contributed by atoms with E-state index in [0.717, 1.165) is 18.8 Å².